The van der Waals surface area contributed by atoms with Gasteiger partial charge in [-0.05, 0) is 41.7 Å². The SMILES string of the molecule is C/C(CC(=O)Nc1ccc(C(C)C)cc1)=N/NC(=O)C(c1ccccc1)c1ccccc1. The zero-order valence-corrected chi connectivity index (χ0v) is 18.7. The highest BCUT2D eigenvalue weighted by molar-refractivity contribution is 6.05. The van der Waals surface area contributed by atoms with Crippen molar-refractivity contribution in [1.82, 2.24) is 5.43 Å². The van der Waals surface area contributed by atoms with Crippen molar-refractivity contribution in [3.8, 4) is 0 Å². The Balaban J connectivity index is 1.63. The number of hydrogen-bond donors (Lipinski definition) is 2. The number of hydrazone groups is 1. The van der Waals surface area contributed by atoms with Crippen LogP contribution in [0.3, 0.4) is 0 Å². The summed E-state index contributed by atoms with van der Waals surface area (Å²) in [6, 6.07) is 27.0. The fourth-order valence-corrected chi connectivity index (χ4v) is 3.43. The number of carbonyl (C=O) groups is 2. The van der Waals surface area contributed by atoms with Gasteiger partial charge in [0.15, 0.2) is 0 Å². The molecule has 0 fully saturated rings. The number of nitrogens with one attached hydrogen (secondary N) is 2. The van der Waals surface area contributed by atoms with Gasteiger partial charge in [-0.1, -0.05) is 86.6 Å². The van der Waals surface area contributed by atoms with Crippen LogP contribution in [0.25, 0.3) is 0 Å². The molecule has 0 bridgehead atoms. The van der Waals surface area contributed by atoms with Crippen molar-refractivity contribution in [3.05, 3.63) is 102 Å². The Bertz CT molecular complexity index is 1020. The third kappa shape index (κ3) is 6.38. The molecule has 0 aliphatic heterocycles. The topological polar surface area (TPSA) is 70.6 Å². The summed E-state index contributed by atoms with van der Waals surface area (Å²) >= 11 is 0. The summed E-state index contributed by atoms with van der Waals surface area (Å²) in [6.45, 7) is 5.98. The van der Waals surface area contributed by atoms with Crippen molar-refractivity contribution in [3.63, 3.8) is 0 Å². The van der Waals surface area contributed by atoms with E-state index in [0.717, 1.165) is 16.8 Å². The largest absolute Gasteiger partial charge is 0.326 e. The molecular formula is C27H29N3O2. The predicted octanol–water partition coefficient (Wildman–Crippen LogP) is 5.46. The molecule has 0 atom stereocenters. The van der Waals surface area contributed by atoms with Gasteiger partial charge in [-0.2, -0.15) is 5.10 Å². The molecule has 0 heterocycles. The van der Waals surface area contributed by atoms with Gasteiger partial charge in [0.05, 0.1) is 12.3 Å². The van der Waals surface area contributed by atoms with Gasteiger partial charge >= 0.3 is 0 Å². The molecule has 3 aromatic carbocycles. The van der Waals surface area contributed by atoms with Crippen LogP contribution in [0, 0.1) is 0 Å². The molecule has 0 saturated carbocycles. The zero-order chi connectivity index (χ0) is 22.9. The summed E-state index contributed by atoms with van der Waals surface area (Å²) in [4.78, 5) is 25.4. The van der Waals surface area contributed by atoms with E-state index in [-0.39, 0.29) is 18.2 Å². The highest BCUT2D eigenvalue weighted by atomic mass is 16.2. The van der Waals surface area contributed by atoms with E-state index in [9.17, 15) is 9.59 Å². The Morgan fingerprint density at radius 3 is 1.81 bits per heavy atom. The third-order valence-electron chi connectivity index (χ3n) is 5.16. The van der Waals surface area contributed by atoms with Crippen molar-refractivity contribution >= 4 is 23.2 Å². The lowest BCUT2D eigenvalue weighted by Gasteiger charge is -2.16. The molecule has 2 amide bonds. The van der Waals surface area contributed by atoms with Crippen LogP contribution in [-0.2, 0) is 9.59 Å². The van der Waals surface area contributed by atoms with Crippen LogP contribution in [0.2, 0.25) is 0 Å². The fourth-order valence-electron chi connectivity index (χ4n) is 3.43. The Morgan fingerprint density at radius 2 is 1.31 bits per heavy atom. The summed E-state index contributed by atoms with van der Waals surface area (Å²) in [7, 11) is 0. The van der Waals surface area contributed by atoms with Crippen LogP contribution in [-0.4, -0.2) is 17.5 Å². The minimum atomic E-state index is -0.484. The molecule has 0 aliphatic carbocycles. The molecular weight excluding hydrogens is 398 g/mol. The second-order valence-electron chi connectivity index (χ2n) is 8.08. The van der Waals surface area contributed by atoms with Gasteiger partial charge in [0.25, 0.3) is 5.91 Å². The molecule has 5 nitrogen and oxygen atoms in total. The number of rotatable bonds is 8. The van der Waals surface area contributed by atoms with E-state index in [1.54, 1.807) is 6.92 Å². The average molecular weight is 428 g/mol. The number of nitrogens with zero attached hydrogens (tertiary/aromatic N) is 1. The van der Waals surface area contributed by atoms with Crippen LogP contribution in [0.5, 0.6) is 0 Å². The van der Waals surface area contributed by atoms with Crippen LogP contribution >= 0.6 is 0 Å². The molecule has 0 saturated heterocycles. The lowest BCUT2D eigenvalue weighted by Crippen LogP contribution is -2.27. The van der Waals surface area contributed by atoms with Crippen LogP contribution in [0.1, 0.15) is 55.7 Å². The van der Waals surface area contributed by atoms with E-state index in [4.69, 9.17) is 0 Å². The second kappa shape index (κ2) is 11.0. The van der Waals surface area contributed by atoms with Crippen molar-refractivity contribution in [1.29, 1.82) is 0 Å². The van der Waals surface area contributed by atoms with Gasteiger partial charge in [-0.3, -0.25) is 9.59 Å². The first-order valence-corrected chi connectivity index (χ1v) is 10.8. The average Bonchev–Trinajstić information content (AvgIpc) is 2.79. The van der Waals surface area contributed by atoms with Crippen molar-refractivity contribution in [2.75, 3.05) is 5.32 Å². The molecule has 0 radical (unpaired) electrons. The molecule has 3 aromatic rings. The second-order valence-corrected chi connectivity index (χ2v) is 8.08. The quantitative estimate of drug-likeness (QED) is 0.370. The lowest BCUT2D eigenvalue weighted by atomic mass is 9.91. The lowest BCUT2D eigenvalue weighted by molar-refractivity contribution is -0.121. The van der Waals surface area contributed by atoms with E-state index < -0.39 is 5.92 Å². The summed E-state index contributed by atoms with van der Waals surface area (Å²) in [5, 5.41) is 7.04. The summed E-state index contributed by atoms with van der Waals surface area (Å²) in [5.74, 6) is -0.470. The van der Waals surface area contributed by atoms with Gasteiger partial charge in [-0.15, -0.1) is 0 Å². The number of benzene rings is 3. The van der Waals surface area contributed by atoms with E-state index in [1.807, 2.05) is 84.9 Å². The molecule has 164 valence electrons. The Kier molecular flexibility index (Phi) is 7.92. The molecule has 5 heteroatoms. The van der Waals surface area contributed by atoms with E-state index in [0.29, 0.717) is 11.6 Å². The minimum absolute atomic E-state index is 0.0908. The summed E-state index contributed by atoms with van der Waals surface area (Å²) in [5.41, 5.74) is 6.88. The third-order valence-corrected chi connectivity index (χ3v) is 5.16. The van der Waals surface area contributed by atoms with Gasteiger partial charge < -0.3 is 5.32 Å². The molecule has 0 unspecified atom stereocenters. The Labute approximate surface area is 189 Å². The molecule has 0 spiro atoms. The van der Waals surface area contributed by atoms with E-state index >= 15 is 0 Å². The Morgan fingerprint density at radius 1 is 0.781 bits per heavy atom. The van der Waals surface area contributed by atoms with Crippen LogP contribution in [0.15, 0.2) is 90.0 Å². The fraction of sp³-hybridized carbons (Fsp3) is 0.222. The predicted molar refractivity (Wildman–Crippen MR) is 130 cm³/mol. The number of carbonyl (C=O) groups excluding carboxylic acids is 2. The molecule has 0 aliphatic rings. The first-order chi connectivity index (χ1) is 15.4. The van der Waals surface area contributed by atoms with Crippen molar-refractivity contribution in [2.24, 2.45) is 5.10 Å². The van der Waals surface area contributed by atoms with Crippen LogP contribution < -0.4 is 10.7 Å². The highest BCUT2D eigenvalue weighted by Gasteiger charge is 2.22. The maximum absolute atomic E-state index is 13.0. The monoisotopic (exact) mass is 427 g/mol. The van der Waals surface area contributed by atoms with E-state index in [1.165, 1.54) is 5.56 Å². The van der Waals surface area contributed by atoms with Gasteiger partial charge in [0.1, 0.15) is 0 Å². The first-order valence-electron chi connectivity index (χ1n) is 10.8. The Hall–Kier alpha value is -3.73. The van der Waals surface area contributed by atoms with Crippen molar-refractivity contribution < 1.29 is 9.59 Å². The van der Waals surface area contributed by atoms with Crippen LogP contribution in [0.4, 0.5) is 5.69 Å². The van der Waals surface area contributed by atoms with Gasteiger partial charge in [0, 0.05) is 11.4 Å². The van der Waals surface area contributed by atoms with Crippen molar-refractivity contribution in [2.45, 2.75) is 39.0 Å². The number of hydrogen-bond acceptors (Lipinski definition) is 3. The maximum Gasteiger partial charge on any atom is 0.252 e. The summed E-state index contributed by atoms with van der Waals surface area (Å²) < 4.78 is 0. The first kappa shape index (κ1) is 22.9. The molecule has 0 aromatic heterocycles. The molecule has 3 rings (SSSR count). The van der Waals surface area contributed by atoms with Gasteiger partial charge in [0.2, 0.25) is 5.91 Å². The van der Waals surface area contributed by atoms with E-state index in [2.05, 4.69) is 29.7 Å². The normalized spacial score (nSPS) is 11.5. The zero-order valence-electron chi connectivity index (χ0n) is 18.7. The maximum atomic E-state index is 13.0. The summed E-state index contributed by atoms with van der Waals surface area (Å²) in [6.07, 6.45) is 0.0908. The molecule has 2 N–H and O–H groups in total. The number of amides is 2. The molecule has 32 heavy (non-hydrogen) atoms. The minimum Gasteiger partial charge on any atom is -0.326 e. The highest BCUT2D eigenvalue weighted by Crippen LogP contribution is 2.24. The van der Waals surface area contributed by atoms with Gasteiger partial charge in [-0.25, -0.2) is 5.43 Å². The smallest absolute Gasteiger partial charge is 0.252 e. The number of anilines is 1. The standard InChI is InChI=1S/C27H29N3O2/c1-19(2)21-14-16-24(17-15-21)28-25(31)18-20(3)29-30-27(32)26(22-10-6-4-7-11-22)23-12-8-5-9-13-23/h4-17,19,26H,18H2,1-3H3,(H,28,31)(H,30,32)/b29-20-.